The standard InChI is InChI=1S/C23H24N2O5/c1-3-4-15-5-8-17(9-6-15)18(26)13-25-21(27)23(2,24-22(25)28)12-16-7-10-19-20(11-16)30-14-29-19/h5-11H,3-4,12-14H2,1-2H3,(H,24,28)/t23-/m0/s1. The van der Waals surface area contributed by atoms with E-state index in [1.54, 1.807) is 31.2 Å². The first-order valence-electron chi connectivity index (χ1n) is 10.0. The molecule has 0 aromatic heterocycles. The van der Waals surface area contributed by atoms with E-state index in [9.17, 15) is 14.4 Å². The summed E-state index contributed by atoms with van der Waals surface area (Å²) in [5.41, 5.74) is 1.34. The minimum atomic E-state index is -1.13. The molecule has 0 unspecified atom stereocenters. The van der Waals surface area contributed by atoms with Crippen molar-refractivity contribution in [2.45, 2.75) is 38.6 Å². The highest BCUT2D eigenvalue weighted by molar-refractivity contribution is 6.11. The number of hydrogen-bond acceptors (Lipinski definition) is 5. The van der Waals surface area contributed by atoms with Crippen molar-refractivity contribution in [1.82, 2.24) is 10.2 Å². The Balaban J connectivity index is 1.45. The number of imide groups is 1. The van der Waals surface area contributed by atoms with E-state index in [1.807, 2.05) is 18.2 Å². The lowest BCUT2D eigenvalue weighted by Crippen LogP contribution is -2.46. The first-order chi connectivity index (χ1) is 14.4. The molecule has 3 amide bonds. The number of Topliss-reactive ketones (excluding diaryl/α,β-unsaturated/α-hetero) is 1. The first kappa shape index (κ1) is 19.9. The van der Waals surface area contributed by atoms with Crippen LogP contribution in [0.5, 0.6) is 11.5 Å². The summed E-state index contributed by atoms with van der Waals surface area (Å²) in [5.74, 6) is 0.587. The van der Waals surface area contributed by atoms with Crippen molar-refractivity contribution in [2.24, 2.45) is 0 Å². The average Bonchev–Trinajstić information content (AvgIpc) is 3.26. The molecule has 1 atom stereocenters. The summed E-state index contributed by atoms with van der Waals surface area (Å²) in [4.78, 5) is 39.1. The van der Waals surface area contributed by atoms with Gasteiger partial charge in [-0.05, 0) is 36.6 Å². The molecule has 2 aliphatic rings. The SMILES string of the molecule is CCCc1ccc(C(=O)CN2C(=O)N[C@@](C)(Cc3ccc4c(c3)OCO4)C2=O)cc1. The molecule has 0 radical (unpaired) electrons. The summed E-state index contributed by atoms with van der Waals surface area (Å²) in [7, 11) is 0. The van der Waals surface area contributed by atoms with Gasteiger partial charge in [-0.15, -0.1) is 0 Å². The Bertz CT molecular complexity index is 1000. The second kappa shape index (κ2) is 7.82. The predicted octanol–water partition coefficient (Wildman–Crippen LogP) is 3.10. The van der Waals surface area contributed by atoms with Gasteiger partial charge >= 0.3 is 6.03 Å². The summed E-state index contributed by atoms with van der Waals surface area (Å²) in [5, 5.41) is 2.74. The Morgan fingerprint density at radius 1 is 1.07 bits per heavy atom. The third-order valence-electron chi connectivity index (χ3n) is 5.46. The lowest BCUT2D eigenvalue weighted by molar-refractivity contribution is -0.130. The maximum atomic E-state index is 13.0. The lowest BCUT2D eigenvalue weighted by atomic mass is 9.92. The zero-order valence-electron chi connectivity index (χ0n) is 17.1. The molecule has 2 aromatic carbocycles. The quantitative estimate of drug-likeness (QED) is 0.562. The summed E-state index contributed by atoms with van der Waals surface area (Å²) in [6, 6.07) is 12.2. The number of nitrogens with one attached hydrogen (secondary N) is 1. The number of amides is 3. The zero-order chi connectivity index (χ0) is 21.3. The molecular weight excluding hydrogens is 384 g/mol. The summed E-state index contributed by atoms with van der Waals surface area (Å²) in [6.07, 6.45) is 2.25. The van der Waals surface area contributed by atoms with E-state index in [0.29, 0.717) is 17.1 Å². The summed E-state index contributed by atoms with van der Waals surface area (Å²) >= 11 is 0. The molecule has 2 heterocycles. The molecule has 0 bridgehead atoms. The number of nitrogens with zero attached hydrogens (tertiary/aromatic N) is 1. The van der Waals surface area contributed by atoms with Crippen molar-refractivity contribution in [3.05, 3.63) is 59.2 Å². The lowest BCUT2D eigenvalue weighted by Gasteiger charge is -2.21. The van der Waals surface area contributed by atoms with Crippen molar-refractivity contribution >= 4 is 17.7 Å². The van der Waals surface area contributed by atoms with Gasteiger partial charge in [0.2, 0.25) is 6.79 Å². The molecular formula is C23H24N2O5. The number of ether oxygens (including phenoxy) is 2. The monoisotopic (exact) mass is 408 g/mol. The van der Waals surface area contributed by atoms with E-state index < -0.39 is 17.5 Å². The minimum Gasteiger partial charge on any atom is -0.454 e. The van der Waals surface area contributed by atoms with Gasteiger partial charge in [0.05, 0.1) is 6.54 Å². The van der Waals surface area contributed by atoms with Crippen LogP contribution in [0.1, 0.15) is 41.8 Å². The van der Waals surface area contributed by atoms with Crippen molar-refractivity contribution in [2.75, 3.05) is 13.3 Å². The largest absolute Gasteiger partial charge is 0.454 e. The van der Waals surface area contributed by atoms with Crippen LogP contribution in [0.25, 0.3) is 0 Å². The second-order valence-electron chi connectivity index (χ2n) is 7.89. The van der Waals surface area contributed by atoms with Crippen molar-refractivity contribution in [1.29, 1.82) is 0 Å². The number of benzene rings is 2. The van der Waals surface area contributed by atoms with E-state index >= 15 is 0 Å². The van der Waals surface area contributed by atoms with E-state index in [2.05, 4.69) is 12.2 Å². The third kappa shape index (κ3) is 3.75. The fourth-order valence-electron chi connectivity index (χ4n) is 3.85. The van der Waals surface area contributed by atoms with Gasteiger partial charge in [-0.25, -0.2) is 4.79 Å². The van der Waals surface area contributed by atoms with E-state index in [-0.39, 0.29) is 25.5 Å². The molecule has 0 saturated carbocycles. The molecule has 30 heavy (non-hydrogen) atoms. The molecule has 2 aromatic rings. The zero-order valence-corrected chi connectivity index (χ0v) is 17.1. The summed E-state index contributed by atoms with van der Waals surface area (Å²) in [6.45, 7) is 3.65. The number of carbonyl (C=O) groups is 3. The van der Waals surface area contributed by atoms with Crippen molar-refractivity contribution in [3.8, 4) is 11.5 Å². The van der Waals surface area contributed by atoms with Crippen LogP contribution in [0, 0.1) is 0 Å². The normalized spacial score (nSPS) is 19.9. The molecule has 0 spiro atoms. The molecule has 1 fully saturated rings. The molecule has 4 rings (SSSR count). The fourth-order valence-corrected chi connectivity index (χ4v) is 3.85. The number of hydrogen-bond donors (Lipinski definition) is 1. The van der Waals surface area contributed by atoms with Crippen LogP contribution >= 0.6 is 0 Å². The summed E-state index contributed by atoms with van der Waals surface area (Å²) < 4.78 is 10.7. The Labute approximate surface area is 175 Å². The van der Waals surface area contributed by atoms with Gasteiger partial charge in [-0.1, -0.05) is 43.7 Å². The van der Waals surface area contributed by atoms with E-state index in [0.717, 1.165) is 28.9 Å². The van der Waals surface area contributed by atoms with Gasteiger partial charge in [-0.2, -0.15) is 0 Å². The third-order valence-corrected chi connectivity index (χ3v) is 5.46. The van der Waals surface area contributed by atoms with Gasteiger partial charge in [0.25, 0.3) is 5.91 Å². The highest BCUT2D eigenvalue weighted by Gasteiger charge is 2.48. The smallest absolute Gasteiger partial charge is 0.325 e. The van der Waals surface area contributed by atoms with Crippen LogP contribution in [0.15, 0.2) is 42.5 Å². The van der Waals surface area contributed by atoms with Crippen molar-refractivity contribution < 1.29 is 23.9 Å². The second-order valence-corrected chi connectivity index (χ2v) is 7.89. The molecule has 1 saturated heterocycles. The number of ketones is 1. The Morgan fingerprint density at radius 3 is 2.50 bits per heavy atom. The van der Waals surface area contributed by atoms with Gasteiger partial charge in [0, 0.05) is 12.0 Å². The average molecular weight is 408 g/mol. The van der Waals surface area contributed by atoms with Crippen LogP contribution in [0.2, 0.25) is 0 Å². The molecule has 2 aliphatic heterocycles. The molecule has 0 aliphatic carbocycles. The Hall–Kier alpha value is -3.35. The number of carbonyl (C=O) groups excluding carboxylic acids is 3. The Morgan fingerprint density at radius 2 is 1.77 bits per heavy atom. The maximum Gasteiger partial charge on any atom is 0.325 e. The molecule has 7 nitrogen and oxygen atoms in total. The number of aryl methyl sites for hydroxylation is 1. The highest BCUT2D eigenvalue weighted by Crippen LogP contribution is 2.34. The van der Waals surface area contributed by atoms with Gasteiger partial charge in [0.1, 0.15) is 5.54 Å². The molecule has 1 N–H and O–H groups in total. The van der Waals surface area contributed by atoms with Gasteiger partial charge < -0.3 is 14.8 Å². The molecule has 156 valence electrons. The van der Waals surface area contributed by atoms with Crippen LogP contribution in [-0.2, 0) is 17.6 Å². The Kier molecular flexibility index (Phi) is 5.20. The van der Waals surface area contributed by atoms with Crippen LogP contribution in [0.3, 0.4) is 0 Å². The predicted molar refractivity (Wildman–Crippen MR) is 110 cm³/mol. The highest BCUT2D eigenvalue weighted by atomic mass is 16.7. The number of urea groups is 1. The minimum absolute atomic E-state index is 0.168. The van der Waals surface area contributed by atoms with Crippen LogP contribution in [-0.4, -0.2) is 41.5 Å². The van der Waals surface area contributed by atoms with E-state index in [4.69, 9.17) is 9.47 Å². The first-order valence-corrected chi connectivity index (χ1v) is 10.0. The van der Waals surface area contributed by atoms with E-state index in [1.165, 1.54) is 0 Å². The number of fused-ring (bicyclic) bond motifs is 1. The maximum absolute atomic E-state index is 13.0. The van der Waals surface area contributed by atoms with Gasteiger partial charge in [0.15, 0.2) is 17.3 Å². The number of rotatable bonds is 7. The molecule has 7 heteroatoms. The fraction of sp³-hybridized carbons (Fsp3) is 0.348. The van der Waals surface area contributed by atoms with Crippen LogP contribution in [0.4, 0.5) is 4.79 Å². The van der Waals surface area contributed by atoms with Gasteiger partial charge in [-0.3, -0.25) is 14.5 Å². The topological polar surface area (TPSA) is 84.9 Å². The van der Waals surface area contributed by atoms with Crippen molar-refractivity contribution in [3.63, 3.8) is 0 Å². The van der Waals surface area contributed by atoms with Crippen LogP contribution < -0.4 is 14.8 Å².